The van der Waals surface area contributed by atoms with Crippen molar-refractivity contribution < 1.29 is 4.79 Å². The van der Waals surface area contributed by atoms with Crippen LogP contribution >= 0.6 is 11.3 Å². The summed E-state index contributed by atoms with van der Waals surface area (Å²) in [7, 11) is 0. The van der Waals surface area contributed by atoms with Gasteiger partial charge in [-0.05, 0) is 31.0 Å². The lowest BCUT2D eigenvalue weighted by Gasteiger charge is -2.06. The highest BCUT2D eigenvalue weighted by Crippen LogP contribution is 2.39. The summed E-state index contributed by atoms with van der Waals surface area (Å²) in [5, 5.41) is 15.4. The first-order valence-corrected chi connectivity index (χ1v) is 7.92. The minimum Gasteiger partial charge on any atom is -0.295 e. The van der Waals surface area contributed by atoms with Gasteiger partial charge in [0.2, 0.25) is 5.13 Å². The van der Waals surface area contributed by atoms with Crippen molar-refractivity contribution in [2.45, 2.75) is 18.8 Å². The molecule has 4 rings (SSSR count). The number of amides is 1. The molecule has 0 spiro atoms. The number of rotatable bonds is 4. The Labute approximate surface area is 130 Å². The van der Waals surface area contributed by atoms with Crippen LogP contribution in [0.3, 0.4) is 0 Å². The van der Waals surface area contributed by atoms with Crippen molar-refractivity contribution in [2.24, 2.45) is 0 Å². The summed E-state index contributed by atoms with van der Waals surface area (Å²) in [6, 6.07) is 11.5. The first-order chi connectivity index (χ1) is 10.8. The van der Waals surface area contributed by atoms with Crippen LogP contribution in [-0.4, -0.2) is 25.9 Å². The molecule has 0 aliphatic heterocycles. The molecule has 2 heterocycles. The fraction of sp³-hybridized carbons (Fsp3) is 0.200. The molecule has 1 aliphatic carbocycles. The predicted octanol–water partition coefficient (Wildman–Crippen LogP) is 2.85. The molecule has 1 amide bonds. The Hall–Kier alpha value is -2.54. The number of hydrogen-bond acceptors (Lipinski definition) is 5. The number of carbonyl (C=O) groups excluding carboxylic acids is 1. The fourth-order valence-electron chi connectivity index (χ4n) is 2.29. The summed E-state index contributed by atoms with van der Waals surface area (Å²) >= 11 is 1.29. The number of aromatic nitrogens is 4. The smallest absolute Gasteiger partial charge is 0.276 e. The van der Waals surface area contributed by atoms with Gasteiger partial charge in [-0.15, -0.1) is 10.2 Å². The van der Waals surface area contributed by atoms with Crippen molar-refractivity contribution in [3.63, 3.8) is 0 Å². The summed E-state index contributed by atoms with van der Waals surface area (Å²) in [5.41, 5.74) is 3.95. The summed E-state index contributed by atoms with van der Waals surface area (Å²) < 4.78 is 1.70. The maximum absolute atomic E-state index is 12.5. The first-order valence-electron chi connectivity index (χ1n) is 7.04. The van der Waals surface area contributed by atoms with Crippen LogP contribution < -0.4 is 5.32 Å². The molecule has 0 atom stereocenters. The highest BCUT2D eigenvalue weighted by atomic mass is 32.1. The van der Waals surface area contributed by atoms with E-state index in [1.54, 1.807) is 10.2 Å². The van der Waals surface area contributed by atoms with E-state index in [0.29, 0.717) is 16.7 Å². The van der Waals surface area contributed by atoms with Gasteiger partial charge < -0.3 is 0 Å². The zero-order valence-electron chi connectivity index (χ0n) is 11.6. The maximum atomic E-state index is 12.5. The quantitative estimate of drug-likeness (QED) is 0.804. The molecule has 110 valence electrons. The number of nitrogens with zero attached hydrogens (tertiary/aromatic N) is 4. The zero-order chi connectivity index (χ0) is 14.9. The van der Waals surface area contributed by atoms with Gasteiger partial charge in [0.1, 0.15) is 11.2 Å². The van der Waals surface area contributed by atoms with E-state index >= 15 is 0 Å². The number of anilines is 1. The zero-order valence-corrected chi connectivity index (χ0v) is 12.5. The van der Waals surface area contributed by atoms with Gasteiger partial charge in [0.15, 0.2) is 0 Å². The lowest BCUT2D eigenvalue weighted by molar-refractivity contribution is 0.101. The summed E-state index contributed by atoms with van der Waals surface area (Å²) in [6.07, 6.45) is 2.28. The van der Waals surface area contributed by atoms with E-state index in [4.69, 9.17) is 0 Å². The van der Waals surface area contributed by atoms with Gasteiger partial charge in [0, 0.05) is 5.92 Å². The number of hydrogen-bond donors (Lipinski definition) is 1. The topological polar surface area (TPSA) is 72.7 Å². The molecule has 0 radical (unpaired) electrons. The molecule has 1 fully saturated rings. The van der Waals surface area contributed by atoms with E-state index in [1.807, 2.05) is 36.4 Å². The largest absolute Gasteiger partial charge is 0.295 e. The lowest BCUT2D eigenvalue weighted by atomic mass is 10.2. The van der Waals surface area contributed by atoms with Crippen molar-refractivity contribution in [1.82, 2.24) is 20.0 Å². The highest BCUT2D eigenvalue weighted by Gasteiger charge is 2.29. The van der Waals surface area contributed by atoms with Crippen molar-refractivity contribution >= 4 is 22.4 Å². The second-order valence-electron chi connectivity index (χ2n) is 5.17. The minimum absolute atomic E-state index is 0.222. The third kappa shape index (κ3) is 2.50. The van der Waals surface area contributed by atoms with Crippen LogP contribution in [0.15, 0.2) is 41.9 Å². The van der Waals surface area contributed by atoms with E-state index < -0.39 is 0 Å². The molecular weight excluding hydrogens is 298 g/mol. The second kappa shape index (κ2) is 5.34. The SMILES string of the molecule is O=C(Nc1nncs1)c1cc(C2CC2)nn1-c1ccccc1. The second-order valence-corrected chi connectivity index (χ2v) is 6.01. The molecule has 1 saturated carbocycles. The van der Waals surface area contributed by atoms with Crippen molar-refractivity contribution in [1.29, 1.82) is 0 Å². The molecule has 3 aromatic rings. The predicted molar refractivity (Wildman–Crippen MR) is 83.4 cm³/mol. The van der Waals surface area contributed by atoms with E-state index in [9.17, 15) is 4.79 Å². The molecule has 0 unspecified atom stereocenters. The van der Waals surface area contributed by atoms with Crippen molar-refractivity contribution in [3.05, 3.63) is 53.3 Å². The molecule has 7 heteroatoms. The molecule has 0 bridgehead atoms. The Balaban J connectivity index is 1.72. The number of benzene rings is 1. The van der Waals surface area contributed by atoms with E-state index in [-0.39, 0.29) is 5.91 Å². The normalized spacial score (nSPS) is 14.0. The Morgan fingerprint density at radius 3 is 2.77 bits per heavy atom. The van der Waals surface area contributed by atoms with Gasteiger partial charge >= 0.3 is 0 Å². The van der Waals surface area contributed by atoms with Crippen LogP contribution in [-0.2, 0) is 0 Å². The average Bonchev–Trinajstić information content (AvgIpc) is 3.10. The highest BCUT2D eigenvalue weighted by molar-refractivity contribution is 7.13. The summed E-state index contributed by atoms with van der Waals surface area (Å²) in [4.78, 5) is 12.5. The van der Waals surface area contributed by atoms with Gasteiger partial charge in [0.25, 0.3) is 5.91 Å². The molecule has 6 nitrogen and oxygen atoms in total. The monoisotopic (exact) mass is 311 g/mol. The minimum atomic E-state index is -0.222. The molecule has 22 heavy (non-hydrogen) atoms. The third-order valence-electron chi connectivity index (χ3n) is 3.54. The molecule has 1 aliphatic rings. The van der Waals surface area contributed by atoms with Gasteiger partial charge in [0.05, 0.1) is 11.4 Å². The molecule has 0 saturated heterocycles. The van der Waals surface area contributed by atoms with E-state index in [2.05, 4.69) is 20.6 Å². The standard InChI is InChI=1S/C15H13N5OS/c21-14(17-15-18-16-9-22-15)13-8-12(10-6-7-10)19-20(13)11-4-2-1-3-5-11/h1-5,8-10H,6-7H2,(H,17,18,21). The summed E-state index contributed by atoms with van der Waals surface area (Å²) in [6.45, 7) is 0. The van der Waals surface area contributed by atoms with Gasteiger partial charge in [-0.25, -0.2) is 4.68 Å². The Morgan fingerprint density at radius 1 is 1.27 bits per heavy atom. The summed E-state index contributed by atoms with van der Waals surface area (Å²) in [5.74, 6) is 0.262. The van der Waals surface area contributed by atoms with Crippen molar-refractivity contribution in [3.8, 4) is 5.69 Å². The van der Waals surface area contributed by atoms with E-state index in [1.165, 1.54) is 11.3 Å². The lowest BCUT2D eigenvalue weighted by Crippen LogP contribution is -2.16. The van der Waals surface area contributed by atoms with Crippen LogP contribution in [0.25, 0.3) is 5.69 Å². The van der Waals surface area contributed by atoms with Crippen molar-refractivity contribution in [2.75, 3.05) is 5.32 Å². The number of para-hydroxylation sites is 1. The number of carbonyl (C=O) groups is 1. The van der Waals surface area contributed by atoms with Crippen LogP contribution in [0.2, 0.25) is 0 Å². The average molecular weight is 311 g/mol. The van der Waals surface area contributed by atoms with Gasteiger partial charge in [-0.3, -0.25) is 10.1 Å². The Kier molecular flexibility index (Phi) is 3.19. The molecule has 2 aromatic heterocycles. The van der Waals surface area contributed by atoms with Crippen LogP contribution in [0.4, 0.5) is 5.13 Å². The first kappa shape index (κ1) is 13.1. The van der Waals surface area contributed by atoms with Gasteiger partial charge in [-0.1, -0.05) is 29.5 Å². The van der Waals surface area contributed by atoms with Crippen LogP contribution in [0.5, 0.6) is 0 Å². The van der Waals surface area contributed by atoms with Crippen LogP contribution in [0.1, 0.15) is 34.9 Å². The molecular formula is C15H13N5OS. The fourth-order valence-corrected chi connectivity index (χ4v) is 2.73. The maximum Gasteiger partial charge on any atom is 0.276 e. The third-order valence-corrected chi connectivity index (χ3v) is 4.14. The number of nitrogens with one attached hydrogen (secondary N) is 1. The van der Waals surface area contributed by atoms with Crippen LogP contribution in [0, 0.1) is 0 Å². The Bertz CT molecular complexity index is 793. The molecule has 1 aromatic carbocycles. The van der Waals surface area contributed by atoms with E-state index in [0.717, 1.165) is 24.2 Å². The Morgan fingerprint density at radius 2 is 2.09 bits per heavy atom. The van der Waals surface area contributed by atoms with Gasteiger partial charge in [-0.2, -0.15) is 5.10 Å². The molecule has 1 N–H and O–H groups in total.